The molecule has 0 aromatic heterocycles. The van der Waals surface area contributed by atoms with Crippen molar-refractivity contribution in [3.05, 3.63) is 56.1 Å². The third-order valence-corrected chi connectivity index (χ3v) is 4.18. The van der Waals surface area contributed by atoms with E-state index < -0.39 is 0 Å². The average molecular weight is 426 g/mol. The van der Waals surface area contributed by atoms with Gasteiger partial charge in [-0.15, -0.1) is 0 Å². The summed E-state index contributed by atoms with van der Waals surface area (Å²) in [5, 5.41) is 9.97. The maximum atomic E-state index is 9.43. The van der Waals surface area contributed by atoms with E-state index in [-0.39, 0.29) is 0 Å². The van der Waals surface area contributed by atoms with Gasteiger partial charge in [-0.05, 0) is 52.4 Å². The topological polar surface area (TPSA) is 42.2 Å². The molecule has 3 nitrogen and oxygen atoms in total. The van der Waals surface area contributed by atoms with Crippen LogP contribution < -0.4 is 9.47 Å². The maximum Gasteiger partial charge on any atom is 0.174 e. The first-order chi connectivity index (χ1) is 10.6. The molecule has 0 amide bonds. The molecule has 2 aromatic carbocycles. The number of nitriles is 1. The number of ether oxygens (including phenoxy) is 2. The molecule has 2 aromatic rings. The van der Waals surface area contributed by atoms with Crippen molar-refractivity contribution < 1.29 is 9.47 Å². The average Bonchev–Trinajstić information content (AvgIpc) is 2.52. The summed E-state index contributed by atoms with van der Waals surface area (Å²) >= 11 is 8.34. The van der Waals surface area contributed by atoms with Crippen LogP contribution in [0, 0.1) is 14.9 Å². The Morgan fingerprint density at radius 3 is 2.55 bits per heavy atom. The van der Waals surface area contributed by atoms with Crippen molar-refractivity contribution in [3.8, 4) is 17.6 Å². The lowest BCUT2D eigenvalue weighted by Crippen LogP contribution is -1.94. The van der Waals surface area contributed by atoms with Crippen LogP contribution in [0.1, 0.15) is 11.1 Å². The molecule has 0 heterocycles. The molecule has 0 N–H and O–H groups in total. The minimum absolute atomic E-state index is 0.494. The summed E-state index contributed by atoms with van der Waals surface area (Å²) in [5.41, 5.74) is 2.04. The van der Waals surface area contributed by atoms with Crippen molar-refractivity contribution in [1.29, 1.82) is 5.26 Å². The highest BCUT2D eigenvalue weighted by Crippen LogP contribution is 2.35. The van der Waals surface area contributed by atoms with Crippen LogP contribution in [0.15, 0.2) is 36.4 Å². The fraction of sp³-hybridized carbons (Fsp3) is 0.118. The zero-order valence-corrected chi connectivity index (χ0v) is 15.0. The van der Waals surface area contributed by atoms with Gasteiger partial charge in [-0.3, -0.25) is 0 Å². The molecule has 0 aliphatic carbocycles. The Morgan fingerprint density at radius 1 is 1.23 bits per heavy atom. The van der Waals surface area contributed by atoms with Crippen LogP contribution in [0.25, 0.3) is 11.6 Å². The third kappa shape index (κ3) is 3.54. The molecule has 112 valence electrons. The minimum atomic E-state index is 0.494. The molecule has 0 atom stereocenters. The standard InChI is InChI=1S/C17H13ClINO2/c1-21-16-9-11(8-15(19)17(16)22-2)7-12(10-20)13-5-3-4-6-14(13)18/h3-9H,1-2H3. The van der Waals surface area contributed by atoms with E-state index in [1.165, 1.54) is 0 Å². The molecule has 0 unspecified atom stereocenters. The Morgan fingerprint density at radius 2 is 1.95 bits per heavy atom. The van der Waals surface area contributed by atoms with E-state index in [0.717, 1.165) is 9.13 Å². The van der Waals surface area contributed by atoms with Crippen LogP contribution in [0.2, 0.25) is 5.02 Å². The third-order valence-electron chi connectivity index (χ3n) is 3.05. The highest BCUT2D eigenvalue weighted by Gasteiger charge is 2.11. The Balaban J connectivity index is 2.54. The molecule has 5 heteroatoms. The number of rotatable bonds is 4. The molecule has 0 spiro atoms. The van der Waals surface area contributed by atoms with Gasteiger partial charge < -0.3 is 9.47 Å². The zero-order chi connectivity index (χ0) is 16.1. The lowest BCUT2D eigenvalue weighted by molar-refractivity contribution is 0.353. The summed E-state index contributed by atoms with van der Waals surface area (Å²) in [7, 11) is 3.18. The molecule has 0 saturated carbocycles. The molecular weight excluding hydrogens is 413 g/mol. The Labute approximate surface area is 148 Å². The van der Waals surface area contributed by atoms with E-state index in [4.69, 9.17) is 21.1 Å². The van der Waals surface area contributed by atoms with Gasteiger partial charge in [0.25, 0.3) is 0 Å². The van der Waals surface area contributed by atoms with Crippen molar-refractivity contribution in [2.24, 2.45) is 0 Å². The first kappa shape index (κ1) is 16.7. The van der Waals surface area contributed by atoms with Gasteiger partial charge in [0.15, 0.2) is 11.5 Å². The highest BCUT2D eigenvalue weighted by molar-refractivity contribution is 14.1. The van der Waals surface area contributed by atoms with Gasteiger partial charge >= 0.3 is 0 Å². The Bertz CT molecular complexity index is 766. The smallest absolute Gasteiger partial charge is 0.174 e. The first-order valence-corrected chi connectivity index (χ1v) is 7.84. The lowest BCUT2D eigenvalue weighted by Gasteiger charge is -2.11. The number of allylic oxidation sites excluding steroid dienone is 1. The second-order valence-electron chi connectivity index (χ2n) is 4.39. The van der Waals surface area contributed by atoms with Gasteiger partial charge in [0.1, 0.15) is 0 Å². The van der Waals surface area contributed by atoms with Crippen LogP contribution in [0.5, 0.6) is 11.5 Å². The maximum absolute atomic E-state index is 9.43. The molecular formula is C17H13ClINO2. The summed E-state index contributed by atoms with van der Waals surface area (Å²) in [6.07, 6.45) is 1.78. The quantitative estimate of drug-likeness (QED) is 0.392. The highest BCUT2D eigenvalue weighted by atomic mass is 127. The molecule has 0 fully saturated rings. The van der Waals surface area contributed by atoms with E-state index in [1.807, 2.05) is 30.3 Å². The van der Waals surface area contributed by atoms with Gasteiger partial charge in [0.2, 0.25) is 0 Å². The molecule has 0 bridgehead atoms. The van der Waals surface area contributed by atoms with Gasteiger partial charge in [0, 0.05) is 10.6 Å². The van der Waals surface area contributed by atoms with Gasteiger partial charge in [-0.25, -0.2) is 0 Å². The number of benzene rings is 2. The fourth-order valence-electron chi connectivity index (χ4n) is 2.04. The molecule has 0 radical (unpaired) electrons. The number of nitrogens with zero attached hydrogens (tertiary/aromatic N) is 1. The van der Waals surface area contributed by atoms with E-state index in [9.17, 15) is 5.26 Å². The second kappa shape index (κ2) is 7.52. The monoisotopic (exact) mass is 425 g/mol. The van der Waals surface area contributed by atoms with Gasteiger partial charge in [0.05, 0.1) is 29.4 Å². The number of halogens is 2. The summed E-state index contributed by atoms with van der Waals surface area (Å²) in [4.78, 5) is 0. The lowest BCUT2D eigenvalue weighted by atomic mass is 10.0. The van der Waals surface area contributed by atoms with E-state index in [1.54, 1.807) is 26.4 Å². The van der Waals surface area contributed by atoms with Crippen LogP contribution in [0.3, 0.4) is 0 Å². The molecule has 2 rings (SSSR count). The predicted octanol–water partition coefficient (Wildman–Crippen LogP) is 5.03. The largest absolute Gasteiger partial charge is 0.493 e. The van der Waals surface area contributed by atoms with Crippen molar-refractivity contribution in [1.82, 2.24) is 0 Å². The zero-order valence-electron chi connectivity index (χ0n) is 12.1. The summed E-state index contributed by atoms with van der Waals surface area (Å²) in [6.45, 7) is 0. The minimum Gasteiger partial charge on any atom is -0.493 e. The molecule has 0 aliphatic rings. The summed E-state index contributed by atoms with van der Waals surface area (Å²) in [5.74, 6) is 1.30. The number of methoxy groups -OCH3 is 2. The van der Waals surface area contributed by atoms with Gasteiger partial charge in [-0.2, -0.15) is 5.26 Å². The van der Waals surface area contributed by atoms with Crippen LogP contribution in [-0.4, -0.2) is 14.2 Å². The Hall–Kier alpha value is -1.71. The SMILES string of the molecule is COc1cc(C=C(C#N)c2ccccc2Cl)cc(I)c1OC. The predicted molar refractivity (Wildman–Crippen MR) is 97.2 cm³/mol. The molecule has 0 saturated heterocycles. The van der Waals surface area contributed by atoms with Gasteiger partial charge in [-0.1, -0.05) is 29.8 Å². The summed E-state index contributed by atoms with van der Waals surface area (Å²) in [6, 6.07) is 13.2. The van der Waals surface area contributed by atoms with Crippen molar-refractivity contribution in [2.75, 3.05) is 14.2 Å². The van der Waals surface area contributed by atoms with Crippen LogP contribution >= 0.6 is 34.2 Å². The van der Waals surface area contributed by atoms with Crippen LogP contribution in [-0.2, 0) is 0 Å². The molecule has 22 heavy (non-hydrogen) atoms. The van der Waals surface area contributed by atoms with E-state index >= 15 is 0 Å². The second-order valence-corrected chi connectivity index (χ2v) is 5.96. The summed E-state index contributed by atoms with van der Waals surface area (Å²) < 4.78 is 11.6. The van der Waals surface area contributed by atoms with E-state index in [0.29, 0.717) is 27.7 Å². The molecule has 0 aliphatic heterocycles. The van der Waals surface area contributed by atoms with E-state index in [2.05, 4.69) is 28.7 Å². The first-order valence-electron chi connectivity index (χ1n) is 6.39. The normalized spacial score (nSPS) is 11.0. The van der Waals surface area contributed by atoms with Crippen molar-refractivity contribution >= 4 is 45.8 Å². The van der Waals surface area contributed by atoms with Crippen LogP contribution in [0.4, 0.5) is 0 Å². The fourth-order valence-corrected chi connectivity index (χ4v) is 3.12. The van der Waals surface area contributed by atoms with Crippen molar-refractivity contribution in [2.45, 2.75) is 0 Å². The van der Waals surface area contributed by atoms with Crippen molar-refractivity contribution in [3.63, 3.8) is 0 Å². The number of hydrogen-bond donors (Lipinski definition) is 0. The number of hydrogen-bond acceptors (Lipinski definition) is 3. The Kier molecular flexibility index (Phi) is 5.69.